The minimum absolute atomic E-state index is 0.0841. The van der Waals surface area contributed by atoms with Crippen molar-refractivity contribution >= 4 is 5.57 Å². The Kier molecular flexibility index (Phi) is 5.04. The average Bonchev–Trinajstić information content (AvgIpc) is 2.69. The second kappa shape index (κ2) is 7.43. The van der Waals surface area contributed by atoms with Crippen molar-refractivity contribution in [2.45, 2.75) is 32.7 Å². The topological polar surface area (TPSA) is 83.4 Å². The fourth-order valence-electron chi connectivity index (χ4n) is 3.52. The molecular formula is C24H20N4. The third kappa shape index (κ3) is 3.39. The van der Waals surface area contributed by atoms with Gasteiger partial charge in [0.25, 0.3) is 0 Å². The molecule has 0 fully saturated rings. The lowest BCUT2D eigenvalue weighted by Gasteiger charge is -2.39. The van der Waals surface area contributed by atoms with Gasteiger partial charge in [-0.1, -0.05) is 59.7 Å². The molecule has 0 aliphatic carbocycles. The quantitative estimate of drug-likeness (QED) is 0.777. The number of benzene rings is 2. The van der Waals surface area contributed by atoms with Gasteiger partial charge in [0, 0.05) is 6.42 Å². The van der Waals surface area contributed by atoms with Crippen LogP contribution in [-0.4, -0.2) is 0 Å². The summed E-state index contributed by atoms with van der Waals surface area (Å²) in [6, 6.07) is 22.2. The highest BCUT2D eigenvalue weighted by Gasteiger charge is 2.37. The Labute approximate surface area is 165 Å². The van der Waals surface area contributed by atoms with Crippen molar-refractivity contribution in [3.8, 4) is 18.2 Å². The lowest BCUT2D eigenvalue weighted by atomic mass is 9.77. The van der Waals surface area contributed by atoms with E-state index in [4.69, 9.17) is 0 Å². The molecule has 1 aliphatic rings. The van der Waals surface area contributed by atoms with Gasteiger partial charge in [-0.05, 0) is 37.5 Å². The van der Waals surface area contributed by atoms with Crippen LogP contribution in [0.4, 0.5) is 0 Å². The molecule has 1 N–H and O–H groups in total. The van der Waals surface area contributed by atoms with E-state index in [2.05, 4.69) is 11.4 Å². The number of aryl methyl sites for hydroxylation is 2. The largest absolute Gasteiger partial charge is 0.373 e. The van der Waals surface area contributed by atoms with Crippen molar-refractivity contribution in [1.29, 1.82) is 15.8 Å². The summed E-state index contributed by atoms with van der Waals surface area (Å²) in [5, 5.41) is 32.1. The number of rotatable bonds is 2. The second-order valence-corrected chi connectivity index (χ2v) is 7.30. The summed E-state index contributed by atoms with van der Waals surface area (Å²) >= 11 is 0. The molecule has 0 radical (unpaired) electrons. The van der Waals surface area contributed by atoms with Crippen LogP contribution in [0.3, 0.4) is 0 Å². The third-order valence-corrected chi connectivity index (χ3v) is 5.16. The molecule has 2 aromatic carbocycles. The summed E-state index contributed by atoms with van der Waals surface area (Å²) in [7, 11) is 0. The highest BCUT2D eigenvalue weighted by atomic mass is 15.0. The first-order valence-electron chi connectivity index (χ1n) is 9.02. The maximum atomic E-state index is 9.86. The maximum absolute atomic E-state index is 9.86. The highest BCUT2D eigenvalue weighted by Crippen LogP contribution is 2.41. The van der Waals surface area contributed by atoms with E-state index in [0.29, 0.717) is 17.7 Å². The summed E-state index contributed by atoms with van der Waals surface area (Å²) in [5.74, 6) is 0. The molecule has 4 heteroatoms. The van der Waals surface area contributed by atoms with E-state index in [0.717, 1.165) is 27.8 Å². The summed E-state index contributed by atoms with van der Waals surface area (Å²) in [6.07, 6.45) is 0.565. The minimum atomic E-state index is -0.553. The fraction of sp³-hybridized carbons (Fsp3) is 0.208. The van der Waals surface area contributed by atoms with Gasteiger partial charge in [-0.15, -0.1) is 0 Å². The van der Waals surface area contributed by atoms with Gasteiger partial charge in [-0.3, -0.25) is 0 Å². The Morgan fingerprint density at radius 1 is 0.893 bits per heavy atom. The van der Waals surface area contributed by atoms with E-state index >= 15 is 0 Å². The monoisotopic (exact) mass is 364 g/mol. The zero-order valence-electron chi connectivity index (χ0n) is 16.2. The Bertz CT molecular complexity index is 1080. The van der Waals surface area contributed by atoms with Crippen LogP contribution in [0.5, 0.6) is 0 Å². The van der Waals surface area contributed by atoms with E-state index in [1.807, 2.05) is 81.4 Å². The van der Waals surface area contributed by atoms with Crippen LogP contribution >= 0.6 is 0 Å². The van der Waals surface area contributed by atoms with Crippen LogP contribution in [0, 0.1) is 47.8 Å². The average molecular weight is 364 g/mol. The van der Waals surface area contributed by atoms with Gasteiger partial charge in [0.1, 0.15) is 18.2 Å². The molecular weight excluding hydrogens is 344 g/mol. The molecule has 1 atom stereocenters. The van der Waals surface area contributed by atoms with E-state index in [9.17, 15) is 15.8 Å². The SMILES string of the molecule is Cc1ccc(C2=C(C#N)C(=C(C#N)C#N)NC(C)(c3ccc(C)cc3)C2)cc1. The molecule has 4 nitrogen and oxygen atoms in total. The van der Waals surface area contributed by atoms with Crippen molar-refractivity contribution in [3.63, 3.8) is 0 Å². The van der Waals surface area contributed by atoms with Gasteiger partial charge in [0.05, 0.1) is 16.8 Å². The molecule has 3 rings (SSSR count). The summed E-state index contributed by atoms with van der Waals surface area (Å²) in [6.45, 7) is 6.07. The Hall–Kier alpha value is -3.81. The molecule has 1 heterocycles. The highest BCUT2D eigenvalue weighted by molar-refractivity contribution is 5.80. The van der Waals surface area contributed by atoms with Gasteiger partial charge in [-0.2, -0.15) is 15.8 Å². The molecule has 0 saturated heterocycles. The lowest BCUT2D eigenvalue weighted by Crippen LogP contribution is -2.43. The van der Waals surface area contributed by atoms with Crippen LogP contribution < -0.4 is 5.32 Å². The predicted molar refractivity (Wildman–Crippen MR) is 108 cm³/mol. The lowest BCUT2D eigenvalue weighted by molar-refractivity contribution is 0.407. The Balaban J connectivity index is 2.27. The molecule has 1 unspecified atom stereocenters. The number of hydrogen-bond acceptors (Lipinski definition) is 4. The molecule has 0 aromatic heterocycles. The summed E-state index contributed by atoms with van der Waals surface area (Å²) < 4.78 is 0. The smallest absolute Gasteiger partial charge is 0.154 e. The Morgan fingerprint density at radius 2 is 1.43 bits per heavy atom. The molecule has 1 aliphatic heterocycles. The van der Waals surface area contributed by atoms with Crippen molar-refractivity contribution in [1.82, 2.24) is 5.32 Å². The molecule has 28 heavy (non-hydrogen) atoms. The minimum Gasteiger partial charge on any atom is -0.373 e. The van der Waals surface area contributed by atoms with Gasteiger partial charge in [-0.25, -0.2) is 0 Å². The Morgan fingerprint density at radius 3 is 1.93 bits per heavy atom. The number of nitrogens with one attached hydrogen (secondary N) is 1. The maximum Gasteiger partial charge on any atom is 0.154 e. The third-order valence-electron chi connectivity index (χ3n) is 5.16. The number of allylic oxidation sites excluding steroid dienone is 2. The van der Waals surface area contributed by atoms with Crippen molar-refractivity contribution in [2.75, 3.05) is 0 Å². The van der Waals surface area contributed by atoms with E-state index in [-0.39, 0.29) is 5.57 Å². The molecule has 0 saturated carbocycles. The van der Waals surface area contributed by atoms with Gasteiger partial charge in [0.15, 0.2) is 5.57 Å². The molecule has 136 valence electrons. The molecule has 0 amide bonds. The van der Waals surface area contributed by atoms with Crippen molar-refractivity contribution < 1.29 is 0 Å². The molecule has 0 spiro atoms. The summed E-state index contributed by atoms with van der Waals surface area (Å²) in [4.78, 5) is 0. The van der Waals surface area contributed by atoms with Crippen molar-refractivity contribution in [2.24, 2.45) is 0 Å². The van der Waals surface area contributed by atoms with Crippen LogP contribution in [0.15, 0.2) is 65.4 Å². The van der Waals surface area contributed by atoms with Crippen LogP contribution in [-0.2, 0) is 5.54 Å². The second-order valence-electron chi connectivity index (χ2n) is 7.30. The molecule has 2 aromatic rings. The normalized spacial score (nSPS) is 18.5. The number of nitriles is 3. The van der Waals surface area contributed by atoms with Crippen molar-refractivity contribution in [3.05, 3.63) is 87.6 Å². The van der Waals surface area contributed by atoms with Crippen LogP contribution in [0.2, 0.25) is 0 Å². The van der Waals surface area contributed by atoms with E-state index < -0.39 is 5.54 Å². The van der Waals surface area contributed by atoms with Gasteiger partial charge in [0.2, 0.25) is 0 Å². The first-order chi connectivity index (χ1) is 13.4. The predicted octanol–water partition coefficient (Wildman–Crippen LogP) is 4.79. The van der Waals surface area contributed by atoms with Crippen LogP contribution in [0.25, 0.3) is 5.57 Å². The molecule has 0 bridgehead atoms. The van der Waals surface area contributed by atoms with E-state index in [1.54, 1.807) is 0 Å². The number of nitrogens with zero attached hydrogens (tertiary/aromatic N) is 3. The van der Waals surface area contributed by atoms with Crippen LogP contribution in [0.1, 0.15) is 35.6 Å². The van der Waals surface area contributed by atoms with E-state index in [1.165, 1.54) is 0 Å². The zero-order chi connectivity index (χ0) is 20.3. The summed E-state index contributed by atoms with van der Waals surface area (Å²) in [5.41, 5.74) is 5.10. The first kappa shape index (κ1) is 19.0. The fourth-order valence-corrected chi connectivity index (χ4v) is 3.52. The zero-order valence-corrected chi connectivity index (χ0v) is 16.2. The van der Waals surface area contributed by atoms with Gasteiger partial charge < -0.3 is 5.32 Å². The first-order valence-corrected chi connectivity index (χ1v) is 9.02. The van der Waals surface area contributed by atoms with Gasteiger partial charge >= 0.3 is 0 Å². The number of hydrogen-bond donors (Lipinski definition) is 1. The standard InChI is InChI=1S/C24H20N4/c1-16-4-8-18(9-5-16)21-12-24(3,20-10-6-17(2)7-11-20)28-23(22(21)15-27)19(13-25)14-26/h4-11,28H,12H2,1-3H3.